The first kappa shape index (κ1) is 36.1. The van der Waals surface area contributed by atoms with Gasteiger partial charge in [0.15, 0.2) is 12.2 Å². The fourth-order valence-electron chi connectivity index (χ4n) is 4.52. The third kappa shape index (κ3) is 8.25. The Morgan fingerprint density at radius 1 is 1.00 bits per heavy atom. The summed E-state index contributed by atoms with van der Waals surface area (Å²) in [6.45, 7) is 4.09. The lowest BCUT2D eigenvalue weighted by molar-refractivity contribution is -0.165. The number of aromatic hydroxyl groups is 1. The lowest BCUT2D eigenvalue weighted by atomic mass is 10.0. The van der Waals surface area contributed by atoms with E-state index in [0.717, 1.165) is 25.3 Å². The molecule has 1 fully saturated rings. The highest BCUT2D eigenvalue weighted by molar-refractivity contribution is 6.03. The van der Waals surface area contributed by atoms with Crippen LogP contribution in [0.3, 0.4) is 0 Å². The molecule has 4 aromatic rings. The molecule has 7 N–H and O–H groups in total. The summed E-state index contributed by atoms with van der Waals surface area (Å²) in [5.41, 5.74) is 0.00709. The predicted octanol–water partition coefficient (Wildman–Crippen LogP) is -0.101. The highest BCUT2D eigenvalue weighted by Crippen LogP contribution is 2.27. The summed E-state index contributed by atoms with van der Waals surface area (Å²) in [5, 5.41) is 51.4. The molecule has 4 atom stereocenters. The van der Waals surface area contributed by atoms with Crippen molar-refractivity contribution in [3.63, 3.8) is 0 Å². The second kappa shape index (κ2) is 15.7. The van der Waals surface area contributed by atoms with Gasteiger partial charge in [0.25, 0.3) is 0 Å². The van der Waals surface area contributed by atoms with Gasteiger partial charge in [-0.05, 0) is 31.7 Å². The molecule has 1 saturated heterocycles. The Kier molecular flexibility index (Phi) is 12.1. The third-order valence-corrected chi connectivity index (χ3v) is 7.24. The zero-order valence-electron chi connectivity index (χ0n) is 25.4. The summed E-state index contributed by atoms with van der Waals surface area (Å²) in [4.78, 5) is 64.5. The molecule has 47 heavy (non-hydrogen) atoms. The van der Waals surface area contributed by atoms with Crippen LogP contribution in [0.25, 0.3) is 28.3 Å². The Labute approximate surface area is 265 Å². The van der Waals surface area contributed by atoms with Crippen molar-refractivity contribution in [2.24, 2.45) is 0 Å². The first-order valence-corrected chi connectivity index (χ1v) is 13.9. The Morgan fingerprint density at radius 2 is 1.62 bits per heavy atom. The summed E-state index contributed by atoms with van der Waals surface area (Å²) >= 11 is 0. The van der Waals surface area contributed by atoms with E-state index in [2.05, 4.69) is 57.8 Å². The Balaban J connectivity index is 0.000000213. The largest absolute Gasteiger partial charge is 0.515 e. The number of H-pyrrole nitrogens is 1. The number of carboxylic acid groups (broad SMARTS) is 2. The van der Waals surface area contributed by atoms with E-state index in [1.807, 2.05) is 6.07 Å². The zero-order valence-corrected chi connectivity index (χ0v) is 25.4. The molecular formula is C31H33N3O13. The Hall–Kier alpha value is -5.42. The number of aromatic amines is 1. The van der Waals surface area contributed by atoms with Crippen LogP contribution in [0.2, 0.25) is 0 Å². The number of hydrogen-bond acceptors (Lipinski definition) is 13. The van der Waals surface area contributed by atoms with Gasteiger partial charge in [-0.3, -0.25) is 14.5 Å². The summed E-state index contributed by atoms with van der Waals surface area (Å²) in [7, 11) is 3.34. The normalized spacial score (nSPS) is 17.9. The maximum atomic E-state index is 12.0. The SMILES string of the molecule is COC(=O)c1ccc(=O)c2nc3c(=CO)c(O)cc(=O)c3[nH]c12.C[C@H]1[C@H](c2ccccc2)OCCN1C.O=C(O)C(O)C(O)C(=O)O. The summed E-state index contributed by atoms with van der Waals surface area (Å²) in [6, 6.07) is 14.2. The number of nitrogens with one attached hydrogen (secondary N) is 1. The maximum Gasteiger partial charge on any atom is 0.340 e. The number of hydrogen-bond donors (Lipinski definition) is 7. The molecule has 1 aliphatic heterocycles. The molecule has 2 unspecified atom stereocenters. The van der Waals surface area contributed by atoms with Crippen LogP contribution in [-0.2, 0) is 19.1 Å². The number of likely N-dealkylation sites (N-methyl/N-ethyl adjacent to an activating group) is 1. The van der Waals surface area contributed by atoms with E-state index in [9.17, 15) is 34.2 Å². The minimum atomic E-state index is -2.27. The number of carbonyl (C=O) groups is 3. The molecule has 0 bridgehead atoms. The van der Waals surface area contributed by atoms with Gasteiger partial charge in [0.05, 0.1) is 42.4 Å². The topological polar surface area (TPSA) is 257 Å². The summed E-state index contributed by atoms with van der Waals surface area (Å²) in [6.07, 6.45) is -3.72. The van der Waals surface area contributed by atoms with Crippen LogP contribution in [0.5, 0.6) is 5.75 Å². The molecule has 16 nitrogen and oxygen atoms in total. The predicted molar refractivity (Wildman–Crippen MR) is 166 cm³/mol. The number of benzene rings is 3. The Morgan fingerprint density at radius 3 is 2.17 bits per heavy atom. The molecule has 3 aromatic carbocycles. The molecule has 1 aliphatic rings. The molecule has 16 heteroatoms. The van der Waals surface area contributed by atoms with Crippen molar-refractivity contribution in [2.75, 3.05) is 27.3 Å². The van der Waals surface area contributed by atoms with Crippen LogP contribution < -0.4 is 16.1 Å². The molecule has 0 radical (unpaired) electrons. The van der Waals surface area contributed by atoms with Gasteiger partial charge >= 0.3 is 17.9 Å². The number of esters is 1. The van der Waals surface area contributed by atoms with E-state index in [1.165, 1.54) is 18.7 Å². The monoisotopic (exact) mass is 655 g/mol. The fraction of sp³-hybridized carbons (Fsp3) is 0.290. The van der Waals surface area contributed by atoms with Crippen molar-refractivity contribution in [1.29, 1.82) is 0 Å². The van der Waals surface area contributed by atoms with Gasteiger partial charge in [0, 0.05) is 18.7 Å². The third-order valence-electron chi connectivity index (χ3n) is 7.24. The minimum absolute atomic E-state index is 0.0403. The number of aromatic nitrogens is 2. The number of morpholine rings is 1. The molecule has 250 valence electrons. The lowest BCUT2D eigenvalue weighted by Gasteiger charge is -2.37. The molecule has 5 rings (SSSR count). The number of phenols is 1. The molecule has 0 amide bonds. The lowest BCUT2D eigenvalue weighted by Crippen LogP contribution is -2.42. The number of phenolic OH excluding ortho intramolecular Hbond substituents is 1. The van der Waals surface area contributed by atoms with Gasteiger partial charge in [0.2, 0.25) is 10.9 Å². The van der Waals surface area contributed by atoms with Crippen molar-refractivity contribution in [3.8, 4) is 5.75 Å². The fourth-order valence-corrected chi connectivity index (χ4v) is 4.52. The smallest absolute Gasteiger partial charge is 0.340 e. The van der Waals surface area contributed by atoms with E-state index in [0.29, 0.717) is 12.3 Å². The van der Waals surface area contributed by atoms with Crippen molar-refractivity contribution in [2.45, 2.75) is 31.3 Å². The average molecular weight is 656 g/mol. The molecule has 0 spiro atoms. The highest BCUT2D eigenvalue weighted by Gasteiger charge is 2.29. The zero-order chi connectivity index (χ0) is 35.0. The van der Waals surface area contributed by atoms with Crippen LogP contribution in [0, 0.1) is 0 Å². The van der Waals surface area contributed by atoms with E-state index in [4.69, 9.17) is 25.2 Å². The van der Waals surface area contributed by atoms with E-state index < -0.39 is 46.7 Å². The van der Waals surface area contributed by atoms with Crippen LogP contribution >= 0.6 is 0 Å². The number of methoxy groups -OCH3 is 1. The maximum absolute atomic E-state index is 12.0. The summed E-state index contributed by atoms with van der Waals surface area (Å²) < 4.78 is 10.4. The van der Waals surface area contributed by atoms with Crippen LogP contribution in [0.4, 0.5) is 0 Å². The van der Waals surface area contributed by atoms with Gasteiger partial charge < -0.3 is 45.1 Å². The van der Waals surface area contributed by atoms with Gasteiger partial charge in [-0.25, -0.2) is 19.4 Å². The molecule has 0 saturated carbocycles. The number of fused-ring (bicyclic) bond motifs is 2. The number of aliphatic hydroxyl groups is 3. The van der Waals surface area contributed by atoms with Crippen molar-refractivity contribution in [3.05, 3.63) is 85.3 Å². The van der Waals surface area contributed by atoms with Crippen LogP contribution in [0.1, 0.15) is 28.9 Å². The Bertz CT molecular complexity index is 1910. The summed E-state index contributed by atoms with van der Waals surface area (Å²) in [5.74, 6) is -4.71. The average Bonchev–Trinajstić information content (AvgIpc) is 3.05. The van der Waals surface area contributed by atoms with Gasteiger partial charge in [0.1, 0.15) is 22.3 Å². The number of carbonyl (C=O) groups excluding carboxylic acids is 1. The van der Waals surface area contributed by atoms with Crippen molar-refractivity contribution < 1.29 is 54.5 Å². The number of nitrogens with zero attached hydrogens (tertiary/aromatic N) is 2. The van der Waals surface area contributed by atoms with E-state index >= 15 is 0 Å². The molecule has 2 heterocycles. The number of ether oxygens (including phenoxy) is 2. The van der Waals surface area contributed by atoms with E-state index in [-0.39, 0.29) is 39.0 Å². The van der Waals surface area contributed by atoms with Gasteiger partial charge in [-0.1, -0.05) is 30.3 Å². The first-order valence-electron chi connectivity index (χ1n) is 13.9. The second-order valence-electron chi connectivity index (χ2n) is 10.2. The van der Waals surface area contributed by atoms with Gasteiger partial charge in [-0.15, -0.1) is 0 Å². The number of aliphatic hydroxyl groups excluding tert-OH is 3. The number of aliphatic carboxylic acids is 2. The number of rotatable bonds is 5. The van der Waals surface area contributed by atoms with Gasteiger partial charge in [-0.2, -0.15) is 0 Å². The van der Waals surface area contributed by atoms with Crippen LogP contribution in [0.15, 0.2) is 58.1 Å². The molecule has 1 aromatic heterocycles. The van der Waals surface area contributed by atoms with Crippen LogP contribution in [-0.4, -0.2) is 109 Å². The van der Waals surface area contributed by atoms with E-state index in [1.54, 1.807) is 0 Å². The second-order valence-corrected chi connectivity index (χ2v) is 10.2. The standard InChI is InChI=1S/C15H10N2O6.C12H17NO.C4H6O6/c1-23-15(22)6-2-3-8(19)13-11(6)16-14-10(21)4-9(20)7(5-18)12(14)17-13;1-10-12(14-9-8-13(10)2)11-6-4-3-5-7-11;5-1(3(7)8)2(6)4(9)10/h2-5,16,18,20H,1H3;3-7,10,12H,8-9H2,1-2H3;1-2,5-6H,(H,7,8)(H,9,10)/t;10-,12+;/m.0./s1. The van der Waals surface area contributed by atoms with Crippen molar-refractivity contribution in [1.82, 2.24) is 14.9 Å². The first-order chi connectivity index (χ1) is 22.2. The minimum Gasteiger partial charge on any atom is -0.515 e. The molecular weight excluding hydrogens is 622 g/mol. The highest BCUT2D eigenvalue weighted by atomic mass is 16.5. The molecule has 0 aliphatic carbocycles. The quantitative estimate of drug-likeness (QED) is 0.109. The van der Waals surface area contributed by atoms with Crippen molar-refractivity contribution >= 4 is 46.2 Å². The number of carboxylic acids is 2.